The van der Waals surface area contributed by atoms with Gasteiger partial charge in [-0.2, -0.15) is 0 Å². The standard InChI is InChI=1S/C11H15BrN2O3/c12-9-5-14(11(17)13-10(9)16)4-7-2-1-3-8(7)6-15/h5,7-8,15H,1-4,6H2,(H,13,16,17)/t7-,8+/m0/s1. The highest BCUT2D eigenvalue weighted by Gasteiger charge is 2.27. The molecule has 2 atom stereocenters. The minimum Gasteiger partial charge on any atom is -0.396 e. The smallest absolute Gasteiger partial charge is 0.328 e. The first-order valence-corrected chi connectivity index (χ1v) is 6.51. The van der Waals surface area contributed by atoms with Gasteiger partial charge in [-0.1, -0.05) is 6.42 Å². The summed E-state index contributed by atoms with van der Waals surface area (Å²) in [5.41, 5.74) is -0.793. The minimum absolute atomic E-state index is 0.171. The molecule has 94 valence electrons. The van der Waals surface area contributed by atoms with Crippen molar-refractivity contribution in [1.29, 1.82) is 0 Å². The van der Waals surface area contributed by atoms with Crippen LogP contribution >= 0.6 is 15.9 Å². The van der Waals surface area contributed by atoms with Crippen molar-refractivity contribution in [3.8, 4) is 0 Å². The Morgan fingerprint density at radius 1 is 1.41 bits per heavy atom. The average molecular weight is 303 g/mol. The first-order chi connectivity index (χ1) is 8.11. The van der Waals surface area contributed by atoms with Crippen LogP contribution in [0.25, 0.3) is 0 Å². The molecular formula is C11H15BrN2O3. The zero-order chi connectivity index (χ0) is 12.4. The molecule has 1 aliphatic carbocycles. The van der Waals surface area contributed by atoms with Gasteiger partial charge >= 0.3 is 5.69 Å². The number of aliphatic hydroxyl groups is 1. The van der Waals surface area contributed by atoms with E-state index in [1.54, 1.807) is 0 Å². The Bertz CT molecular complexity index is 508. The third kappa shape index (κ3) is 2.69. The largest absolute Gasteiger partial charge is 0.396 e. The third-order valence-corrected chi connectivity index (χ3v) is 4.01. The third-order valence-electron chi connectivity index (χ3n) is 3.45. The van der Waals surface area contributed by atoms with Gasteiger partial charge in [-0.05, 0) is 40.6 Å². The van der Waals surface area contributed by atoms with Crippen LogP contribution in [0.4, 0.5) is 0 Å². The lowest BCUT2D eigenvalue weighted by Gasteiger charge is -2.18. The fourth-order valence-corrected chi connectivity index (χ4v) is 2.81. The molecule has 0 unspecified atom stereocenters. The summed E-state index contributed by atoms with van der Waals surface area (Å²) in [7, 11) is 0. The summed E-state index contributed by atoms with van der Waals surface area (Å²) < 4.78 is 1.86. The normalized spacial score (nSPS) is 24.1. The molecule has 1 aromatic rings. The average Bonchev–Trinajstić information content (AvgIpc) is 2.73. The minimum atomic E-state index is -0.406. The maximum absolute atomic E-state index is 11.6. The Morgan fingerprint density at radius 3 is 2.82 bits per heavy atom. The fraction of sp³-hybridized carbons (Fsp3) is 0.636. The molecule has 5 nitrogen and oxygen atoms in total. The summed E-state index contributed by atoms with van der Waals surface area (Å²) in [6.45, 7) is 0.726. The van der Waals surface area contributed by atoms with E-state index in [-0.39, 0.29) is 18.2 Å². The van der Waals surface area contributed by atoms with Crippen molar-refractivity contribution in [2.75, 3.05) is 6.61 Å². The second-order valence-electron chi connectivity index (χ2n) is 4.52. The van der Waals surface area contributed by atoms with Crippen molar-refractivity contribution in [1.82, 2.24) is 9.55 Å². The van der Waals surface area contributed by atoms with Crippen molar-refractivity contribution in [2.24, 2.45) is 11.8 Å². The number of rotatable bonds is 3. The van der Waals surface area contributed by atoms with Crippen LogP contribution in [0, 0.1) is 11.8 Å². The molecule has 0 aromatic carbocycles. The summed E-state index contributed by atoms with van der Waals surface area (Å²) in [6, 6.07) is 0. The zero-order valence-electron chi connectivity index (χ0n) is 9.36. The summed E-state index contributed by atoms with van der Waals surface area (Å²) in [5.74, 6) is 0.586. The van der Waals surface area contributed by atoms with E-state index in [4.69, 9.17) is 0 Å². The molecule has 0 amide bonds. The van der Waals surface area contributed by atoms with Crippen LogP contribution in [0.1, 0.15) is 19.3 Å². The molecule has 1 fully saturated rings. The Balaban J connectivity index is 2.21. The summed E-state index contributed by atoms with van der Waals surface area (Å²) in [5, 5.41) is 9.23. The quantitative estimate of drug-likeness (QED) is 0.863. The van der Waals surface area contributed by atoms with Gasteiger partial charge in [0.2, 0.25) is 0 Å². The van der Waals surface area contributed by atoms with Crippen LogP contribution in [0.2, 0.25) is 0 Å². The molecule has 1 aromatic heterocycles. The number of hydrogen-bond acceptors (Lipinski definition) is 3. The van der Waals surface area contributed by atoms with E-state index in [0.717, 1.165) is 19.3 Å². The lowest BCUT2D eigenvalue weighted by molar-refractivity contribution is 0.183. The number of aromatic amines is 1. The number of aromatic nitrogens is 2. The zero-order valence-corrected chi connectivity index (χ0v) is 10.9. The predicted molar refractivity (Wildman–Crippen MR) is 66.9 cm³/mol. The second-order valence-corrected chi connectivity index (χ2v) is 5.38. The van der Waals surface area contributed by atoms with Gasteiger partial charge in [-0.15, -0.1) is 0 Å². The maximum Gasteiger partial charge on any atom is 0.328 e. The van der Waals surface area contributed by atoms with E-state index in [0.29, 0.717) is 16.9 Å². The number of nitrogens with zero attached hydrogens (tertiary/aromatic N) is 1. The highest BCUT2D eigenvalue weighted by molar-refractivity contribution is 9.10. The van der Waals surface area contributed by atoms with Crippen LogP contribution in [0.5, 0.6) is 0 Å². The Hall–Kier alpha value is -0.880. The van der Waals surface area contributed by atoms with Crippen molar-refractivity contribution >= 4 is 15.9 Å². The van der Waals surface area contributed by atoms with Gasteiger partial charge < -0.3 is 5.11 Å². The van der Waals surface area contributed by atoms with Crippen LogP contribution in [0.15, 0.2) is 20.3 Å². The van der Waals surface area contributed by atoms with Crippen LogP contribution in [-0.2, 0) is 6.54 Å². The summed E-state index contributed by atoms with van der Waals surface area (Å²) in [4.78, 5) is 25.0. The first kappa shape index (κ1) is 12.6. The molecule has 6 heteroatoms. The van der Waals surface area contributed by atoms with Crippen molar-refractivity contribution in [3.63, 3.8) is 0 Å². The Labute approximate surface area is 107 Å². The molecule has 0 saturated heterocycles. The van der Waals surface area contributed by atoms with E-state index in [2.05, 4.69) is 20.9 Å². The van der Waals surface area contributed by atoms with E-state index < -0.39 is 5.56 Å². The molecule has 2 N–H and O–H groups in total. The van der Waals surface area contributed by atoms with Crippen molar-refractivity contribution < 1.29 is 5.11 Å². The predicted octanol–water partition coefficient (Wildman–Crippen LogP) is 0.708. The highest BCUT2D eigenvalue weighted by atomic mass is 79.9. The second kappa shape index (κ2) is 5.18. The lowest BCUT2D eigenvalue weighted by Crippen LogP contribution is -2.32. The van der Waals surface area contributed by atoms with Crippen LogP contribution < -0.4 is 11.2 Å². The molecular weight excluding hydrogens is 288 g/mol. The molecule has 1 aliphatic rings. The van der Waals surface area contributed by atoms with Gasteiger partial charge in [-0.3, -0.25) is 14.3 Å². The number of halogens is 1. The van der Waals surface area contributed by atoms with E-state index in [1.807, 2.05) is 0 Å². The topological polar surface area (TPSA) is 75.1 Å². The number of aliphatic hydroxyl groups excluding tert-OH is 1. The molecule has 1 heterocycles. The SMILES string of the molecule is O=c1[nH]c(=O)n(C[C@@H]2CCC[C@@H]2CO)cc1Br. The molecule has 0 aliphatic heterocycles. The summed E-state index contributed by atoms with van der Waals surface area (Å²) >= 11 is 3.11. The van der Waals surface area contributed by atoms with Gasteiger partial charge in [-0.25, -0.2) is 4.79 Å². The number of nitrogens with one attached hydrogen (secondary N) is 1. The molecule has 0 radical (unpaired) electrons. The summed E-state index contributed by atoms with van der Waals surface area (Å²) in [6.07, 6.45) is 4.65. The molecule has 17 heavy (non-hydrogen) atoms. The molecule has 0 bridgehead atoms. The van der Waals surface area contributed by atoms with Gasteiger partial charge in [0.15, 0.2) is 0 Å². The van der Waals surface area contributed by atoms with Gasteiger partial charge in [0.05, 0.1) is 4.47 Å². The monoisotopic (exact) mass is 302 g/mol. The Kier molecular flexibility index (Phi) is 3.83. The molecule has 2 rings (SSSR count). The first-order valence-electron chi connectivity index (χ1n) is 5.72. The van der Waals surface area contributed by atoms with Crippen LogP contribution in [0.3, 0.4) is 0 Å². The fourth-order valence-electron chi connectivity index (χ4n) is 2.47. The lowest BCUT2D eigenvalue weighted by atomic mass is 9.97. The van der Waals surface area contributed by atoms with Gasteiger partial charge in [0.1, 0.15) is 0 Å². The number of H-pyrrole nitrogens is 1. The van der Waals surface area contributed by atoms with Gasteiger partial charge in [0.25, 0.3) is 5.56 Å². The van der Waals surface area contributed by atoms with E-state index in [1.165, 1.54) is 10.8 Å². The highest BCUT2D eigenvalue weighted by Crippen LogP contribution is 2.32. The van der Waals surface area contributed by atoms with Crippen LogP contribution in [-0.4, -0.2) is 21.3 Å². The Morgan fingerprint density at radius 2 is 2.12 bits per heavy atom. The molecule has 1 saturated carbocycles. The number of hydrogen-bond donors (Lipinski definition) is 2. The van der Waals surface area contributed by atoms with E-state index in [9.17, 15) is 14.7 Å². The molecule has 0 spiro atoms. The van der Waals surface area contributed by atoms with Crippen molar-refractivity contribution in [2.45, 2.75) is 25.8 Å². The van der Waals surface area contributed by atoms with Crippen molar-refractivity contribution in [3.05, 3.63) is 31.5 Å². The van der Waals surface area contributed by atoms with Gasteiger partial charge in [0, 0.05) is 19.3 Å². The van der Waals surface area contributed by atoms with E-state index >= 15 is 0 Å². The maximum atomic E-state index is 11.6.